The minimum Gasteiger partial charge on any atom is -0.356 e. The van der Waals surface area contributed by atoms with Crippen LogP contribution >= 0.6 is 0 Å². The van der Waals surface area contributed by atoms with Crippen molar-refractivity contribution in [2.24, 2.45) is 11.7 Å². The fraction of sp³-hybridized carbons (Fsp3) is 0.400. The summed E-state index contributed by atoms with van der Waals surface area (Å²) >= 11 is 0. The maximum Gasteiger partial charge on any atom is 0.289 e. The zero-order chi connectivity index (χ0) is 15.2. The molecule has 4 N–H and O–H groups in total. The lowest BCUT2D eigenvalue weighted by molar-refractivity contribution is -0.139. The van der Waals surface area contributed by atoms with E-state index >= 15 is 0 Å². The maximum atomic E-state index is 11.9. The van der Waals surface area contributed by atoms with Gasteiger partial charge in [0.05, 0.1) is 6.04 Å². The van der Waals surface area contributed by atoms with E-state index in [0.717, 1.165) is 5.56 Å². The summed E-state index contributed by atoms with van der Waals surface area (Å²) in [6, 6.07) is 8.36. The third kappa shape index (κ3) is 4.13. The monoisotopic (exact) mass is 289 g/mol. The normalized spacial score (nSPS) is 18.9. The highest BCUT2D eigenvalue weighted by Gasteiger charge is 2.30. The Balaban J connectivity index is 1.81. The predicted octanol–water partition coefficient (Wildman–Crippen LogP) is -0.275. The van der Waals surface area contributed by atoms with Gasteiger partial charge in [-0.3, -0.25) is 14.4 Å². The third-order valence-electron chi connectivity index (χ3n) is 3.56. The summed E-state index contributed by atoms with van der Waals surface area (Å²) in [4.78, 5) is 35.1. The van der Waals surface area contributed by atoms with Gasteiger partial charge >= 0.3 is 0 Å². The average molecular weight is 289 g/mol. The van der Waals surface area contributed by atoms with E-state index in [0.29, 0.717) is 13.0 Å². The zero-order valence-electron chi connectivity index (χ0n) is 11.7. The van der Waals surface area contributed by atoms with Crippen LogP contribution in [0, 0.1) is 5.92 Å². The molecule has 1 saturated heterocycles. The molecular weight excluding hydrogens is 270 g/mol. The Morgan fingerprint density at radius 3 is 2.67 bits per heavy atom. The molecule has 6 nitrogen and oxygen atoms in total. The highest BCUT2D eigenvalue weighted by molar-refractivity contribution is 6.38. The van der Waals surface area contributed by atoms with Crippen molar-refractivity contribution >= 4 is 17.6 Å². The van der Waals surface area contributed by atoms with Crippen molar-refractivity contribution in [3.63, 3.8) is 0 Å². The Kier molecular flexibility index (Phi) is 5.05. The van der Waals surface area contributed by atoms with Crippen LogP contribution in [0.2, 0.25) is 0 Å². The standard InChI is InChI=1S/C15H19N3O3/c16-12(8-11-6-7-17-14(11)20)13(19)15(21)18-9-10-4-2-1-3-5-10/h1-5,11-12H,6-9,16H2,(H,17,20)(H,18,21)/t11-,12-/m0/s1. The number of benzene rings is 1. The molecule has 1 aliphatic heterocycles. The molecule has 112 valence electrons. The lowest BCUT2D eigenvalue weighted by Gasteiger charge is -2.13. The first-order valence-corrected chi connectivity index (χ1v) is 6.97. The summed E-state index contributed by atoms with van der Waals surface area (Å²) in [5.74, 6) is -1.75. The highest BCUT2D eigenvalue weighted by Crippen LogP contribution is 2.15. The molecule has 0 saturated carbocycles. The second kappa shape index (κ2) is 6.99. The summed E-state index contributed by atoms with van der Waals surface area (Å²) in [6.45, 7) is 0.882. The molecular formula is C15H19N3O3. The van der Waals surface area contributed by atoms with Gasteiger partial charge in [0.15, 0.2) is 0 Å². The Morgan fingerprint density at radius 2 is 2.05 bits per heavy atom. The smallest absolute Gasteiger partial charge is 0.289 e. The van der Waals surface area contributed by atoms with Crippen molar-refractivity contribution in [3.8, 4) is 0 Å². The van der Waals surface area contributed by atoms with Crippen molar-refractivity contribution in [3.05, 3.63) is 35.9 Å². The lowest BCUT2D eigenvalue weighted by Crippen LogP contribution is -2.43. The Labute approximate surface area is 123 Å². The fourth-order valence-corrected chi connectivity index (χ4v) is 2.32. The van der Waals surface area contributed by atoms with Gasteiger partial charge in [-0.25, -0.2) is 0 Å². The van der Waals surface area contributed by atoms with Crippen LogP contribution in [0.25, 0.3) is 0 Å². The van der Waals surface area contributed by atoms with Gasteiger partial charge in [0.25, 0.3) is 5.91 Å². The molecule has 0 aromatic heterocycles. The molecule has 1 heterocycles. The molecule has 21 heavy (non-hydrogen) atoms. The first-order valence-electron chi connectivity index (χ1n) is 6.97. The minimum absolute atomic E-state index is 0.0945. The zero-order valence-corrected chi connectivity index (χ0v) is 11.7. The molecule has 1 aromatic carbocycles. The van der Waals surface area contributed by atoms with Gasteiger partial charge in [-0.05, 0) is 18.4 Å². The highest BCUT2D eigenvalue weighted by atomic mass is 16.2. The van der Waals surface area contributed by atoms with E-state index < -0.39 is 17.7 Å². The predicted molar refractivity (Wildman–Crippen MR) is 77.0 cm³/mol. The van der Waals surface area contributed by atoms with Gasteiger partial charge in [0.2, 0.25) is 11.7 Å². The van der Waals surface area contributed by atoms with E-state index in [4.69, 9.17) is 5.73 Å². The SMILES string of the molecule is N[C@@H](C[C@@H]1CCNC1=O)C(=O)C(=O)NCc1ccccc1. The van der Waals surface area contributed by atoms with Crippen molar-refractivity contribution < 1.29 is 14.4 Å². The number of carbonyl (C=O) groups excluding carboxylic acids is 3. The summed E-state index contributed by atoms with van der Waals surface area (Å²) in [6.07, 6.45) is 0.870. The number of hydrogen-bond donors (Lipinski definition) is 3. The molecule has 0 unspecified atom stereocenters. The van der Waals surface area contributed by atoms with E-state index in [9.17, 15) is 14.4 Å². The first-order chi connectivity index (χ1) is 10.1. The van der Waals surface area contributed by atoms with Crippen LogP contribution in [-0.2, 0) is 20.9 Å². The van der Waals surface area contributed by atoms with Crippen LogP contribution in [-0.4, -0.2) is 30.2 Å². The summed E-state index contributed by atoms with van der Waals surface area (Å²) in [5.41, 5.74) is 6.64. The number of hydrogen-bond acceptors (Lipinski definition) is 4. The van der Waals surface area contributed by atoms with Crippen LogP contribution in [0.1, 0.15) is 18.4 Å². The lowest BCUT2D eigenvalue weighted by atomic mass is 9.96. The summed E-state index contributed by atoms with van der Waals surface area (Å²) < 4.78 is 0. The van der Waals surface area contributed by atoms with Crippen LogP contribution < -0.4 is 16.4 Å². The van der Waals surface area contributed by atoms with E-state index in [-0.39, 0.29) is 24.8 Å². The fourth-order valence-electron chi connectivity index (χ4n) is 2.32. The molecule has 0 spiro atoms. The summed E-state index contributed by atoms with van der Waals surface area (Å²) in [7, 11) is 0. The van der Waals surface area contributed by atoms with E-state index in [2.05, 4.69) is 10.6 Å². The van der Waals surface area contributed by atoms with Gasteiger partial charge in [-0.1, -0.05) is 30.3 Å². The minimum atomic E-state index is -0.936. The van der Waals surface area contributed by atoms with E-state index in [1.165, 1.54) is 0 Å². The summed E-state index contributed by atoms with van der Waals surface area (Å²) in [5, 5.41) is 5.23. The van der Waals surface area contributed by atoms with E-state index in [1.54, 1.807) is 0 Å². The second-order valence-electron chi connectivity index (χ2n) is 5.15. The molecule has 0 aliphatic carbocycles. The Morgan fingerprint density at radius 1 is 1.33 bits per heavy atom. The van der Waals surface area contributed by atoms with Crippen LogP contribution in [0.15, 0.2) is 30.3 Å². The Bertz CT molecular complexity index is 530. The van der Waals surface area contributed by atoms with Crippen molar-refractivity contribution in [1.29, 1.82) is 0 Å². The molecule has 1 aliphatic rings. The van der Waals surface area contributed by atoms with Crippen molar-refractivity contribution in [2.75, 3.05) is 6.54 Å². The quantitative estimate of drug-likeness (QED) is 0.627. The molecule has 6 heteroatoms. The second-order valence-corrected chi connectivity index (χ2v) is 5.15. The third-order valence-corrected chi connectivity index (χ3v) is 3.56. The molecule has 0 radical (unpaired) electrons. The van der Waals surface area contributed by atoms with Crippen LogP contribution in [0.4, 0.5) is 0 Å². The number of rotatable bonds is 6. The molecule has 1 fully saturated rings. The molecule has 2 amide bonds. The van der Waals surface area contributed by atoms with Crippen molar-refractivity contribution in [1.82, 2.24) is 10.6 Å². The number of ketones is 1. The van der Waals surface area contributed by atoms with Crippen molar-refractivity contribution in [2.45, 2.75) is 25.4 Å². The van der Waals surface area contributed by atoms with Gasteiger partial charge < -0.3 is 16.4 Å². The first kappa shape index (κ1) is 15.2. The number of amides is 2. The number of nitrogens with two attached hydrogens (primary N) is 1. The van der Waals surface area contributed by atoms with Crippen LogP contribution in [0.3, 0.4) is 0 Å². The van der Waals surface area contributed by atoms with Gasteiger partial charge in [0, 0.05) is 19.0 Å². The Hall–Kier alpha value is -2.21. The number of Topliss-reactive ketones (excluding diaryl/α,β-unsaturated/α-hetero) is 1. The van der Waals surface area contributed by atoms with Gasteiger partial charge in [-0.15, -0.1) is 0 Å². The maximum absolute atomic E-state index is 11.9. The molecule has 1 aromatic rings. The topological polar surface area (TPSA) is 101 Å². The average Bonchev–Trinajstić information content (AvgIpc) is 2.90. The molecule has 2 rings (SSSR count). The van der Waals surface area contributed by atoms with Crippen LogP contribution in [0.5, 0.6) is 0 Å². The molecule has 0 bridgehead atoms. The van der Waals surface area contributed by atoms with Gasteiger partial charge in [-0.2, -0.15) is 0 Å². The van der Waals surface area contributed by atoms with E-state index in [1.807, 2.05) is 30.3 Å². The molecule has 2 atom stereocenters. The number of nitrogens with one attached hydrogen (secondary N) is 2. The number of carbonyl (C=O) groups is 3. The van der Waals surface area contributed by atoms with Gasteiger partial charge in [0.1, 0.15) is 0 Å². The largest absolute Gasteiger partial charge is 0.356 e.